The molecule has 8 heteroatoms. The molecule has 1 N–H and O–H groups in total. The number of benzene rings is 2. The SMILES string of the molecule is C/C(=C\[C@H](Cc1ccccc1)NS(=O)(=O)c1c(C)cc(C)cc1C)COS(C)(=O)=O. The lowest BCUT2D eigenvalue weighted by Gasteiger charge is -2.19. The van der Waals surface area contributed by atoms with Crippen LogP contribution in [0.25, 0.3) is 0 Å². The van der Waals surface area contributed by atoms with Gasteiger partial charge in [0, 0.05) is 6.04 Å². The summed E-state index contributed by atoms with van der Waals surface area (Å²) in [5, 5.41) is 0. The van der Waals surface area contributed by atoms with Gasteiger partial charge in [0.15, 0.2) is 0 Å². The van der Waals surface area contributed by atoms with E-state index in [9.17, 15) is 16.8 Å². The molecule has 0 fully saturated rings. The lowest BCUT2D eigenvalue weighted by molar-refractivity contribution is 0.351. The van der Waals surface area contributed by atoms with E-state index in [-0.39, 0.29) is 11.5 Å². The Morgan fingerprint density at radius 2 is 1.60 bits per heavy atom. The molecule has 0 spiro atoms. The van der Waals surface area contributed by atoms with E-state index in [0.29, 0.717) is 23.1 Å². The van der Waals surface area contributed by atoms with Gasteiger partial charge in [0.2, 0.25) is 10.0 Å². The standard InChI is InChI=1S/C22H29NO5S2/c1-16-11-18(3)22(19(4)12-16)30(26,27)23-21(14-20-9-7-6-8-10-20)13-17(2)15-28-29(5,24)25/h6-13,21,23H,14-15H2,1-5H3/b17-13+/t21-/m1/s1. The van der Waals surface area contributed by atoms with Gasteiger partial charge in [-0.25, -0.2) is 13.1 Å². The predicted octanol–water partition coefficient (Wildman–Crippen LogP) is 3.42. The smallest absolute Gasteiger partial charge is 0.264 e. The Kier molecular flexibility index (Phi) is 7.99. The van der Waals surface area contributed by atoms with Gasteiger partial charge in [0.25, 0.3) is 10.1 Å². The van der Waals surface area contributed by atoms with E-state index in [2.05, 4.69) is 4.72 Å². The molecule has 0 aliphatic rings. The number of sulfonamides is 1. The number of hydrogen-bond acceptors (Lipinski definition) is 5. The van der Waals surface area contributed by atoms with Gasteiger partial charge in [-0.15, -0.1) is 0 Å². The van der Waals surface area contributed by atoms with Crippen molar-refractivity contribution >= 4 is 20.1 Å². The molecule has 0 aliphatic heterocycles. The van der Waals surface area contributed by atoms with Crippen LogP contribution >= 0.6 is 0 Å². The highest BCUT2D eigenvalue weighted by molar-refractivity contribution is 7.89. The molecule has 0 saturated heterocycles. The monoisotopic (exact) mass is 451 g/mol. The third-order valence-corrected chi connectivity index (χ3v) is 6.81. The van der Waals surface area contributed by atoms with Crippen molar-refractivity contribution in [2.24, 2.45) is 0 Å². The van der Waals surface area contributed by atoms with Crippen LogP contribution in [-0.2, 0) is 30.7 Å². The summed E-state index contributed by atoms with van der Waals surface area (Å²) in [5.41, 5.74) is 3.93. The Labute approximate surface area is 180 Å². The summed E-state index contributed by atoms with van der Waals surface area (Å²) in [7, 11) is -7.39. The van der Waals surface area contributed by atoms with Crippen molar-refractivity contribution in [3.63, 3.8) is 0 Å². The van der Waals surface area contributed by atoms with Gasteiger partial charge in [-0.3, -0.25) is 4.18 Å². The van der Waals surface area contributed by atoms with Gasteiger partial charge < -0.3 is 0 Å². The zero-order valence-corrected chi connectivity index (χ0v) is 19.6. The van der Waals surface area contributed by atoms with Crippen LogP contribution in [0.15, 0.2) is 59.0 Å². The first-order valence-electron chi connectivity index (χ1n) is 9.53. The van der Waals surface area contributed by atoms with Crippen molar-refractivity contribution < 1.29 is 21.0 Å². The first-order valence-corrected chi connectivity index (χ1v) is 12.8. The van der Waals surface area contributed by atoms with Gasteiger partial charge in [0.1, 0.15) is 0 Å². The minimum absolute atomic E-state index is 0.131. The molecule has 2 aromatic rings. The van der Waals surface area contributed by atoms with Crippen LogP contribution < -0.4 is 4.72 Å². The van der Waals surface area contributed by atoms with Crippen LogP contribution in [0.4, 0.5) is 0 Å². The fourth-order valence-electron chi connectivity index (χ4n) is 3.44. The summed E-state index contributed by atoms with van der Waals surface area (Å²) in [5.74, 6) is 0. The van der Waals surface area contributed by atoms with Crippen LogP contribution in [-0.4, -0.2) is 35.7 Å². The summed E-state index contributed by atoms with van der Waals surface area (Å²) in [4.78, 5) is 0.268. The first kappa shape index (κ1) is 24.3. The van der Waals surface area contributed by atoms with E-state index in [0.717, 1.165) is 17.4 Å². The van der Waals surface area contributed by atoms with Crippen LogP contribution in [0, 0.1) is 20.8 Å². The maximum absolute atomic E-state index is 13.2. The van der Waals surface area contributed by atoms with Crippen molar-refractivity contribution in [2.45, 2.75) is 45.1 Å². The van der Waals surface area contributed by atoms with Crippen molar-refractivity contribution in [3.8, 4) is 0 Å². The van der Waals surface area contributed by atoms with Crippen LogP contribution in [0.2, 0.25) is 0 Å². The average molecular weight is 452 g/mol. The molecule has 30 heavy (non-hydrogen) atoms. The van der Waals surface area contributed by atoms with Crippen molar-refractivity contribution in [3.05, 3.63) is 76.4 Å². The second-order valence-corrected chi connectivity index (χ2v) is 10.9. The molecule has 0 heterocycles. The highest BCUT2D eigenvalue weighted by atomic mass is 32.2. The molecule has 0 aromatic heterocycles. The Morgan fingerprint density at radius 3 is 2.13 bits per heavy atom. The van der Waals surface area contributed by atoms with Crippen LogP contribution in [0.5, 0.6) is 0 Å². The lowest BCUT2D eigenvalue weighted by atomic mass is 10.0. The highest BCUT2D eigenvalue weighted by Crippen LogP contribution is 2.22. The zero-order valence-electron chi connectivity index (χ0n) is 18.0. The first-order chi connectivity index (χ1) is 13.9. The second-order valence-electron chi connectivity index (χ2n) is 7.62. The summed E-state index contributed by atoms with van der Waals surface area (Å²) in [6.45, 7) is 7.06. The molecule has 2 aromatic carbocycles. The average Bonchev–Trinajstić information content (AvgIpc) is 2.58. The lowest BCUT2D eigenvalue weighted by Crippen LogP contribution is -2.36. The van der Waals surface area contributed by atoms with Crippen LogP contribution in [0.3, 0.4) is 0 Å². The largest absolute Gasteiger partial charge is 0.266 e. The van der Waals surface area contributed by atoms with Gasteiger partial charge in [-0.2, -0.15) is 8.42 Å². The zero-order chi connectivity index (χ0) is 22.5. The molecule has 1 atom stereocenters. The number of hydrogen-bond donors (Lipinski definition) is 1. The Bertz CT molecular complexity index is 1100. The summed E-state index contributed by atoms with van der Waals surface area (Å²) >= 11 is 0. The van der Waals surface area contributed by atoms with E-state index in [1.54, 1.807) is 26.8 Å². The Balaban J connectivity index is 2.36. The molecular weight excluding hydrogens is 422 g/mol. The van der Waals surface area contributed by atoms with Gasteiger partial charge in [0.05, 0.1) is 17.8 Å². The van der Waals surface area contributed by atoms with E-state index < -0.39 is 26.2 Å². The van der Waals surface area contributed by atoms with Gasteiger partial charge >= 0.3 is 0 Å². The van der Waals surface area contributed by atoms with E-state index in [1.807, 2.05) is 49.4 Å². The molecule has 0 aliphatic carbocycles. The third-order valence-electron chi connectivity index (χ3n) is 4.46. The minimum Gasteiger partial charge on any atom is -0.266 e. The van der Waals surface area contributed by atoms with Gasteiger partial charge in [-0.05, 0) is 56.4 Å². The topological polar surface area (TPSA) is 89.5 Å². The number of aryl methyl sites for hydroxylation is 3. The molecule has 0 unspecified atom stereocenters. The fraction of sp³-hybridized carbons (Fsp3) is 0.364. The maximum Gasteiger partial charge on any atom is 0.264 e. The molecule has 0 amide bonds. The highest BCUT2D eigenvalue weighted by Gasteiger charge is 2.23. The quantitative estimate of drug-likeness (QED) is 0.466. The summed E-state index contributed by atoms with van der Waals surface area (Å²) in [6.07, 6.45) is 3.10. The summed E-state index contributed by atoms with van der Waals surface area (Å²) in [6, 6.07) is 12.6. The van der Waals surface area contributed by atoms with E-state index in [1.165, 1.54) is 0 Å². The maximum atomic E-state index is 13.2. The number of rotatable bonds is 9. The van der Waals surface area contributed by atoms with E-state index >= 15 is 0 Å². The van der Waals surface area contributed by atoms with Crippen molar-refractivity contribution in [2.75, 3.05) is 12.9 Å². The number of nitrogens with one attached hydrogen (secondary N) is 1. The molecule has 0 radical (unpaired) electrons. The summed E-state index contributed by atoms with van der Waals surface area (Å²) < 4.78 is 56.6. The molecule has 6 nitrogen and oxygen atoms in total. The van der Waals surface area contributed by atoms with Crippen molar-refractivity contribution in [1.82, 2.24) is 4.72 Å². The normalized spacial score (nSPS) is 14.0. The Morgan fingerprint density at radius 1 is 1.03 bits per heavy atom. The van der Waals surface area contributed by atoms with Crippen LogP contribution in [0.1, 0.15) is 29.2 Å². The predicted molar refractivity (Wildman–Crippen MR) is 119 cm³/mol. The second kappa shape index (κ2) is 9.87. The van der Waals surface area contributed by atoms with E-state index in [4.69, 9.17) is 4.18 Å². The molecule has 164 valence electrons. The molecule has 0 saturated carbocycles. The fourth-order valence-corrected chi connectivity index (χ4v) is 5.48. The van der Waals surface area contributed by atoms with Gasteiger partial charge in [-0.1, -0.05) is 54.1 Å². The molecule has 2 rings (SSSR count). The molecular formula is C22H29NO5S2. The van der Waals surface area contributed by atoms with Crippen molar-refractivity contribution in [1.29, 1.82) is 0 Å². The minimum atomic E-state index is -3.80. The Hall–Kier alpha value is -2.00. The third kappa shape index (κ3) is 7.36. The molecule has 0 bridgehead atoms.